The van der Waals surface area contributed by atoms with Crippen molar-refractivity contribution in [2.24, 2.45) is 0 Å². The summed E-state index contributed by atoms with van der Waals surface area (Å²) in [6.07, 6.45) is -0.333. The Bertz CT molecular complexity index is 444. The van der Waals surface area contributed by atoms with Crippen LogP contribution in [0.15, 0.2) is 12.3 Å². The SMILES string of the molecule is CC(=O)c1c[nH]c(C(=O)N2CC(O)C(O)C2)c1. The Hall–Kier alpha value is -1.66. The smallest absolute Gasteiger partial charge is 0.270 e. The first-order chi connectivity index (χ1) is 7.99. The number of aliphatic hydroxyl groups excluding tert-OH is 2. The zero-order valence-corrected chi connectivity index (χ0v) is 9.38. The quantitative estimate of drug-likeness (QED) is 0.599. The normalized spacial score (nSPS) is 24.1. The van der Waals surface area contributed by atoms with E-state index in [1.807, 2.05) is 0 Å². The third-order valence-electron chi connectivity index (χ3n) is 2.87. The number of nitrogens with zero attached hydrogens (tertiary/aromatic N) is 1. The molecule has 92 valence electrons. The maximum Gasteiger partial charge on any atom is 0.270 e. The molecule has 1 aliphatic rings. The van der Waals surface area contributed by atoms with Crippen molar-refractivity contribution in [1.82, 2.24) is 9.88 Å². The molecule has 1 amide bonds. The van der Waals surface area contributed by atoms with E-state index in [1.54, 1.807) is 0 Å². The summed E-state index contributed by atoms with van der Waals surface area (Å²) >= 11 is 0. The van der Waals surface area contributed by atoms with Crippen molar-refractivity contribution in [3.63, 3.8) is 0 Å². The van der Waals surface area contributed by atoms with Gasteiger partial charge in [-0.15, -0.1) is 0 Å². The number of aliphatic hydroxyl groups is 2. The van der Waals surface area contributed by atoms with Crippen molar-refractivity contribution in [2.75, 3.05) is 13.1 Å². The molecule has 1 fully saturated rings. The van der Waals surface area contributed by atoms with Crippen LogP contribution in [0.3, 0.4) is 0 Å². The number of carbonyl (C=O) groups excluding carboxylic acids is 2. The molecule has 0 spiro atoms. The highest BCUT2D eigenvalue weighted by Gasteiger charge is 2.33. The molecule has 2 heterocycles. The Kier molecular flexibility index (Phi) is 2.99. The number of rotatable bonds is 2. The van der Waals surface area contributed by atoms with E-state index in [4.69, 9.17) is 0 Å². The number of ketones is 1. The van der Waals surface area contributed by atoms with Crippen LogP contribution in [-0.4, -0.2) is 57.1 Å². The minimum absolute atomic E-state index is 0.106. The van der Waals surface area contributed by atoms with Crippen LogP contribution in [0.5, 0.6) is 0 Å². The number of aromatic amines is 1. The lowest BCUT2D eigenvalue weighted by atomic mass is 10.2. The second-order valence-corrected chi connectivity index (χ2v) is 4.20. The fraction of sp³-hybridized carbons (Fsp3) is 0.455. The molecule has 6 nitrogen and oxygen atoms in total. The van der Waals surface area contributed by atoms with E-state index in [1.165, 1.54) is 24.1 Å². The van der Waals surface area contributed by atoms with Gasteiger partial charge in [0.1, 0.15) is 5.69 Å². The predicted molar refractivity (Wildman–Crippen MR) is 58.7 cm³/mol. The lowest BCUT2D eigenvalue weighted by Gasteiger charge is -2.13. The summed E-state index contributed by atoms with van der Waals surface area (Å²) in [7, 11) is 0. The molecule has 0 bridgehead atoms. The van der Waals surface area contributed by atoms with Gasteiger partial charge in [-0.1, -0.05) is 0 Å². The van der Waals surface area contributed by atoms with Crippen LogP contribution in [0.2, 0.25) is 0 Å². The number of H-pyrrole nitrogens is 1. The third kappa shape index (κ3) is 2.22. The van der Waals surface area contributed by atoms with Crippen LogP contribution in [0.4, 0.5) is 0 Å². The van der Waals surface area contributed by atoms with Crippen LogP contribution in [0.1, 0.15) is 27.8 Å². The lowest BCUT2D eigenvalue weighted by Crippen LogP contribution is -2.30. The highest BCUT2D eigenvalue weighted by Crippen LogP contribution is 2.14. The number of aromatic nitrogens is 1. The Labute approximate surface area is 97.9 Å². The Morgan fingerprint density at radius 2 is 1.94 bits per heavy atom. The largest absolute Gasteiger partial charge is 0.388 e. The van der Waals surface area contributed by atoms with Gasteiger partial charge in [0.2, 0.25) is 0 Å². The van der Waals surface area contributed by atoms with E-state index in [0.29, 0.717) is 5.56 Å². The summed E-state index contributed by atoms with van der Waals surface area (Å²) in [5.74, 6) is -0.449. The second kappa shape index (κ2) is 4.31. The minimum atomic E-state index is -0.902. The number of Topliss-reactive ketones (excluding diaryl/α,β-unsaturated/α-hetero) is 1. The standard InChI is InChI=1S/C11H14N2O4/c1-6(14)7-2-8(12-3-7)11(17)13-4-9(15)10(16)5-13/h2-3,9-10,12,15-16H,4-5H2,1H3. The molecular weight excluding hydrogens is 224 g/mol. The molecule has 1 aromatic heterocycles. The molecule has 0 aliphatic carbocycles. The first kappa shape index (κ1) is 11.8. The van der Waals surface area contributed by atoms with E-state index >= 15 is 0 Å². The molecule has 1 aromatic rings. The first-order valence-corrected chi connectivity index (χ1v) is 5.34. The van der Waals surface area contributed by atoms with Crippen molar-refractivity contribution < 1.29 is 19.8 Å². The summed E-state index contributed by atoms with van der Waals surface area (Å²) in [4.78, 5) is 27.1. The summed E-state index contributed by atoms with van der Waals surface area (Å²) in [5.41, 5.74) is 0.727. The predicted octanol–water partition coefficient (Wildman–Crippen LogP) is -0.605. The van der Waals surface area contributed by atoms with Gasteiger partial charge in [-0.25, -0.2) is 0 Å². The Balaban J connectivity index is 2.12. The van der Waals surface area contributed by atoms with Gasteiger partial charge in [-0.2, -0.15) is 0 Å². The molecule has 3 N–H and O–H groups in total. The van der Waals surface area contributed by atoms with Gasteiger partial charge in [0, 0.05) is 24.8 Å². The zero-order chi connectivity index (χ0) is 12.6. The molecule has 1 saturated heterocycles. The van der Waals surface area contributed by atoms with Crippen LogP contribution >= 0.6 is 0 Å². The second-order valence-electron chi connectivity index (χ2n) is 4.20. The molecule has 2 atom stereocenters. The maximum atomic E-state index is 11.9. The average Bonchev–Trinajstić information content (AvgIpc) is 2.86. The van der Waals surface area contributed by atoms with Crippen LogP contribution in [0.25, 0.3) is 0 Å². The topological polar surface area (TPSA) is 93.6 Å². The summed E-state index contributed by atoms with van der Waals surface area (Å²) < 4.78 is 0. The summed E-state index contributed by atoms with van der Waals surface area (Å²) in [6.45, 7) is 1.63. The van der Waals surface area contributed by atoms with E-state index in [9.17, 15) is 19.8 Å². The summed E-state index contributed by atoms with van der Waals surface area (Å²) in [5, 5.41) is 18.7. The number of amides is 1. The molecule has 2 unspecified atom stereocenters. The third-order valence-corrected chi connectivity index (χ3v) is 2.87. The van der Waals surface area contributed by atoms with Crippen molar-refractivity contribution in [1.29, 1.82) is 0 Å². The maximum absolute atomic E-state index is 11.9. The number of β-amino-alcohol motifs (C(OH)–C–C–N with tert-alkyl or cyclic N) is 2. The van der Waals surface area contributed by atoms with Crippen molar-refractivity contribution in [3.8, 4) is 0 Å². The highest BCUT2D eigenvalue weighted by atomic mass is 16.3. The molecule has 0 saturated carbocycles. The summed E-state index contributed by atoms with van der Waals surface area (Å²) in [6, 6.07) is 1.47. The van der Waals surface area contributed by atoms with Crippen molar-refractivity contribution >= 4 is 11.7 Å². The molecule has 17 heavy (non-hydrogen) atoms. The van der Waals surface area contributed by atoms with E-state index in [-0.39, 0.29) is 30.5 Å². The van der Waals surface area contributed by atoms with Crippen LogP contribution in [-0.2, 0) is 0 Å². The number of likely N-dealkylation sites (tertiary alicyclic amines) is 1. The van der Waals surface area contributed by atoms with E-state index < -0.39 is 12.2 Å². The minimum Gasteiger partial charge on any atom is -0.388 e. The molecule has 0 radical (unpaired) electrons. The van der Waals surface area contributed by atoms with Gasteiger partial charge in [-0.05, 0) is 13.0 Å². The Morgan fingerprint density at radius 3 is 2.41 bits per heavy atom. The highest BCUT2D eigenvalue weighted by molar-refractivity contribution is 5.99. The monoisotopic (exact) mass is 238 g/mol. The lowest BCUT2D eigenvalue weighted by molar-refractivity contribution is 0.0572. The molecule has 1 aliphatic heterocycles. The Morgan fingerprint density at radius 1 is 1.35 bits per heavy atom. The molecule has 6 heteroatoms. The van der Waals surface area contributed by atoms with Crippen molar-refractivity contribution in [2.45, 2.75) is 19.1 Å². The fourth-order valence-corrected chi connectivity index (χ4v) is 1.83. The fourth-order valence-electron chi connectivity index (χ4n) is 1.83. The van der Waals surface area contributed by atoms with E-state index in [0.717, 1.165) is 0 Å². The molecule has 0 aromatic carbocycles. The average molecular weight is 238 g/mol. The van der Waals surface area contributed by atoms with Gasteiger partial charge < -0.3 is 20.1 Å². The number of hydrogen-bond acceptors (Lipinski definition) is 4. The van der Waals surface area contributed by atoms with Gasteiger partial charge in [0.05, 0.1) is 12.2 Å². The van der Waals surface area contributed by atoms with Crippen molar-refractivity contribution in [3.05, 3.63) is 23.5 Å². The van der Waals surface area contributed by atoms with Crippen LogP contribution in [0, 0.1) is 0 Å². The number of carbonyl (C=O) groups is 2. The van der Waals surface area contributed by atoms with Gasteiger partial charge in [-0.3, -0.25) is 9.59 Å². The molecule has 2 rings (SSSR count). The zero-order valence-electron chi connectivity index (χ0n) is 9.38. The number of nitrogens with one attached hydrogen (secondary N) is 1. The number of hydrogen-bond donors (Lipinski definition) is 3. The van der Waals surface area contributed by atoms with Gasteiger partial charge in [0.25, 0.3) is 5.91 Å². The first-order valence-electron chi connectivity index (χ1n) is 5.34. The van der Waals surface area contributed by atoms with Gasteiger partial charge in [0.15, 0.2) is 5.78 Å². The van der Waals surface area contributed by atoms with E-state index in [2.05, 4.69) is 4.98 Å². The van der Waals surface area contributed by atoms with Crippen LogP contribution < -0.4 is 0 Å². The van der Waals surface area contributed by atoms with Gasteiger partial charge >= 0.3 is 0 Å². The molecular formula is C11H14N2O4.